The topological polar surface area (TPSA) is 30.5 Å². The highest BCUT2D eigenvalue weighted by Crippen LogP contribution is 2.25. The second kappa shape index (κ2) is 6.38. The summed E-state index contributed by atoms with van der Waals surface area (Å²) < 4.78 is 11.6. The van der Waals surface area contributed by atoms with E-state index < -0.39 is 0 Å². The van der Waals surface area contributed by atoms with Gasteiger partial charge in [0.2, 0.25) is 0 Å². The zero-order valence-corrected chi connectivity index (χ0v) is 11.6. The van der Waals surface area contributed by atoms with Gasteiger partial charge >= 0.3 is 0 Å². The van der Waals surface area contributed by atoms with Crippen molar-refractivity contribution in [3.8, 4) is 5.75 Å². The third kappa shape index (κ3) is 3.69. The predicted molar refractivity (Wildman–Crippen MR) is 71.4 cm³/mol. The molecule has 1 heterocycles. The molecule has 0 radical (unpaired) electrons. The van der Waals surface area contributed by atoms with Gasteiger partial charge in [-0.15, -0.1) is 0 Å². The van der Waals surface area contributed by atoms with Crippen molar-refractivity contribution in [2.45, 2.75) is 25.4 Å². The Morgan fingerprint density at radius 3 is 2.82 bits per heavy atom. The molecule has 1 N–H and O–H groups in total. The first-order valence-corrected chi connectivity index (χ1v) is 6.72. The fourth-order valence-electron chi connectivity index (χ4n) is 1.98. The van der Waals surface area contributed by atoms with Crippen LogP contribution in [0, 0.1) is 0 Å². The monoisotopic (exact) mass is 299 g/mol. The van der Waals surface area contributed by atoms with Crippen LogP contribution < -0.4 is 10.1 Å². The molecule has 1 fully saturated rings. The normalized spacial score (nSPS) is 17.1. The first-order valence-electron chi connectivity index (χ1n) is 5.93. The minimum atomic E-state index is 0.588. The van der Waals surface area contributed by atoms with E-state index in [4.69, 9.17) is 9.47 Å². The maximum atomic E-state index is 5.34. The molecule has 0 atom stereocenters. The Morgan fingerprint density at radius 1 is 1.41 bits per heavy atom. The van der Waals surface area contributed by atoms with Crippen molar-refractivity contribution in [3.05, 3.63) is 28.2 Å². The lowest BCUT2D eigenvalue weighted by atomic mass is 10.1. The highest BCUT2D eigenvalue weighted by atomic mass is 79.9. The van der Waals surface area contributed by atoms with Crippen LogP contribution in [0.25, 0.3) is 0 Å². The van der Waals surface area contributed by atoms with Crippen molar-refractivity contribution in [3.63, 3.8) is 0 Å². The molecule has 94 valence electrons. The molecule has 0 bridgehead atoms. The molecule has 1 aliphatic rings. The van der Waals surface area contributed by atoms with E-state index in [-0.39, 0.29) is 0 Å². The number of hydrogen-bond acceptors (Lipinski definition) is 3. The lowest BCUT2D eigenvalue weighted by Gasteiger charge is -2.23. The van der Waals surface area contributed by atoms with Gasteiger partial charge in [-0.2, -0.15) is 0 Å². The van der Waals surface area contributed by atoms with E-state index in [0.717, 1.165) is 42.8 Å². The van der Waals surface area contributed by atoms with Crippen LogP contribution in [-0.4, -0.2) is 26.4 Å². The molecule has 2 rings (SSSR count). The molecule has 0 aliphatic carbocycles. The molecular formula is C13H18BrNO2. The minimum absolute atomic E-state index is 0.588. The lowest BCUT2D eigenvalue weighted by molar-refractivity contribution is 0.0776. The van der Waals surface area contributed by atoms with Crippen molar-refractivity contribution in [2.24, 2.45) is 0 Å². The highest BCUT2D eigenvalue weighted by Gasteiger charge is 2.12. The second-order valence-corrected chi connectivity index (χ2v) is 5.09. The largest absolute Gasteiger partial charge is 0.496 e. The van der Waals surface area contributed by atoms with Crippen LogP contribution in [0.2, 0.25) is 0 Å². The van der Waals surface area contributed by atoms with Gasteiger partial charge < -0.3 is 14.8 Å². The molecular weight excluding hydrogens is 282 g/mol. The molecule has 3 nitrogen and oxygen atoms in total. The summed E-state index contributed by atoms with van der Waals surface area (Å²) >= 11 is 3.50. The Bertz CT molecular complexity index is 364. The second-order valence-electron chi connectivity index (χ2n) is 4.24. The van der Waals surface area contributed by atoms with E-state index in [2.05, 4.69) is 33.4 Å². The average molecular weight is 300 g/mol. The van der Waals surface area contributed by atoms with E-state index in [1.807, 2.05) is 6.07 Å². The van der Waals surface area contributed by atoms with Gasteiger partial charge in [-0.05, 0) is 46.5 Å². The summed E-state index contributed by atoms with van der Waals surface area (Å²) in [5.74, 6) is 0.875. The summed E-state index contributed by atoms with van der Waals surface area (Å²) in [5, 5.41) is 3.56. The molecule has 17 heavy (non-hydrogen) atoms. The van der Waals surface area contributed by atoms with Gasteiger partial charge in [0, 0.05) is 25.8 Å². The molecule has 1 aliphatic heterocycles. The van der Waals surface area contributed by atoms with E-state index >= 15 is 0 Å². The number of ether oxygens (including phenoxy) is 2. The summed E-state index contributed by atoms with van der Waals surface area (Å²) in [6.07, 6.45) is 2.22. The summed E-state index contributed by atoms with van der Waals surface area (Å²) in [7, 11) is 1.68. The van der Waals surface area contributed by atoms with Gasteiger partial charge in [-0.25, -0.2) is 0 Å². The van der Waals surface area contributed by atoms with E-state index in [1.165, 1.54) is 5.56 Å². The number of benzene rings is 1. The molecule has 0 spiro atoms. The van der Waals surface area contributed by atoms with Gasteiger partial charge in [0.25, 0.3) is 0 Å². The Labute approximate surface area is 111 Å². The van der Waals surface area contributed by atoms with E-state index in [1.54, 1.807) is 7.11 Å². The van der Waals surface area contributed by atoms with Crippen molar-refractivity contribution in [2.75, 3.05) is 20.3 Å². The van der Waals surface area contributed by atoms with Crippen LogP contribution in [0.4, 0.5) is 0 Å². The molecule has 0 saturated carbocycles. The first-order chi connectivity index (χ1) is 8.29. The zero-order valence-electron chi connectivity index (χ0n) is 10.0. The smallest absolute Gasteiger partial charge is 0.133 e. The van der Waals surface area contributed by atoms with E-state index in [9.17, 15) is 0 Å². The zero-order chi connectivity index (χ0) is 12.1. The van der Waals surface area contributed by atoms with Crippen molar-refractivity contribution < 1.29 is 9.47 Å². The van der Waals surface area contributed by atoms with Crippen molar-refractivity contribution >= 4 is 15.9 Å². The van der Waals surface area contributed by atoms with Crippen LogP contribution in [0.3, 0.4) is 0 Å². The van der Waals surface area contributed by atoms with Crippen molar-refractivity contribution in [1.82, 2.24) is 5.32 Å². The fourth-order valence-corrected chi connectivity index (χ4v) is 2.57. The van der Waals surface area contributed by atoms with Gasteiger partial charge in [0.1, 0.15) is 5.75 Å². The Kier molecular flexibility index (Phi) is 4.83. The van der Waals surface area contributed by atoms with Gasteiger partial charge in [0.15, 0.2) is 0 Å². The molecule has 0 unspecified atom stereocenters. The first kappa shape index (κ1) is 12.9. The van der Waals surface area contributed by atoms with E-state index in [0.29, 0.717) is 6.04 Å². The SMILES string of the molecule is COc1ccc(CNC2CCOCC2)cc1Br. The Balaban J connectivity index is 1.87. The van der Waals surface area contributed by atoms with Crippen LogP contribution in [-0.2, 0) is 11.3 Å². The molecule has 0 aromatic heterocycles. The average Bonchev–Trinajstić information content (AvgIpc) is 2.38. The number of rotatable bonds is 4. The van der Waals surface area contributed by atoms with Gasteiger partial charge in [0.05, 0.1) is 11.6 Å². The summed E-state index contributed by atoms with van der Waals surface area (Å²) in [6.45, 7) is 2.65. The predicted octanol–water partition coefficient (Wildman–Crippen LogP) is 2.73. The fraction of sp³-hybridized carbons (Fsp3) is 0.538. The number of nitrogens with one attached hydrogen (secondary N) is 1. The van der Waals surface area contributed by atoms with Crippen LogP contribution in [0.15, 0.2) is 22.7 Å². The maximum absolute atomic E-state index is 5.34. The summed E-state index contributed by atoms with van der Waals surface area (Å²) in [5.41, 5.74) is 1.27. The van der Waals surface area contributed by atoms with Crippen LogP contribution in [0.5, 0.6) is 5.75 Å². The highest BCUT2D eigenvalue weighted by molar-refractivity contribution is 9.10. The van der Waals surface area contributed by atoms with Crippen LogP contribution in [0.1, 0.15) is 18.4 Å². The number of hydrogen-bond donors (Lipinski definition) is 1. The Hall–Kier alpha value is -0.580. The standard InChI is InChI=1S/C13H18BrNO2/c1-16-13-3-2-10(8-12(13)14)9-15-11-4-6-17-7-5-11/h2-3,8,11,15H,4-7,9H2,1H3. The van der Waals surface area contributed by atoms with Gasteiger partial charge in [-0.1, -0.05) is 6.07 Å². The number of halogens is 1. The third-order valence-electron chi connectivity index (χ3n) is 3.03. The molecule has 0 amide bonds. The maximum Gasteiger partial charge on any atom is 0.133 e. The lowest BCUT2D eigenvalue weighted by Crippen LogP contribution is -2.34. The van der Waals surface area contributed by atoms with Gasteiger partial charge in [-0.3, -0.25) is 0 Å². The third-order valence-corrected chi connectivity index (χ3v) is 3.65. The molecule has 1 aromatic rings. The van der Waals surface area contributed by atoms with Crippen LogP contribution >= 0.6 is 15.9 Å². The Morgan fingerprint density at radius 2 is 2.18 bits per heavy atom. The van der Waals surface area contributed by atoms with Crippen molar-refractivity contribution in [1.29, 1.82) is 0 Å². The molecule has 1 aromatic carbocycles. The summed E-state index contributed by atoms with van der Waals surface area (Å²) in [6, 6.07) is 6.77. The molecule has 4 heteroatoms. The quantitative estimate of drug-likeness (QED) is 0.927. The summed E-state index contributed by atoms with van der Waals surface area (Å²) in [4.78, 5) is 0. The minimum Gasteiger partial charge on any atom is -0.496 e. The number of methoxy groups -OCH3 is 1. The molecule has 1 saturated heterocycles.